The molecule has 0 radical (unpaired) electrons. The van der Waals surface area contributed by atoms with Crippen LogP contribution in [0.3, 0.4) is 0 Å². The van der Waals surface area contributed by atoms with Gasteiger partial charge in [-0.2, -0.15) is 13.2 Å². The second-order valence-electron chi connectivity index (χ2n) is 5.74. The summed E-state index contributed by atoms with van der Waals surface area (Å²) < 4.78 is 61.8. The molecule has 2 aliphatic heterocycles. The fraction of sp³-hybridized carbons (Fsp3) is 0.917. The Labute approximate surface area is 122 Å². The van der Waals surface area contributed by atoms with Gasteiger partial charge in [0.2, 0.25) is 5.91 Å². The van der Waals surface area contributed by atoms with Gasteiger partial charge < -0.3 is 9.80 Å². The number of nitrogens with zero attached hydrogens (tertiary/aromatic N) is 2. The molecule has 0 aromatic heterocycles. The fourth-order valence-electron chi connectivity index (χ4n) is 2.91. The van der Waals surface area contributed by atoms with Crippen LogP contribution < -0.4 is 0 Å². The zero-order chi connectivity index (χ0) is 15.8. The Morgan fingerprint density at radius 1 is 1.29 bits per heavy atom. The molecule has 9 heteroatoms. The Balaban J connectivity index is 2.03. The van der Waals surface area contributed by atoms with Crippen molar-refractivity contribution in [1.29, 1.82) is 0 Å². The number of carbonyl (C=O) groups excluding carboxylic acids is 1. The molecule has 0 spiro atoms. The zero-order valence-electron chi connectivity index (χ0n) is 11.8. The molecule has 0 N–H and O–H groups in total. The van der Waals surface area contributed by atoms with Crippen molar-refractivity contribution in [3.63, 3.8) is 0 Å². The van der Waals surface area contributed by atoms with E-state index in [0.29, 0.717) is 13.0 Å². The molecule has 0 aliphatic carbocycles. The molecule has 0 aromatic rings. The Morgan fingerprint density at radius 3 is 2.57 bits per heavy atom. The third kappa shape index (κ3) is 3.88. The van der Waals surface area contributed by atoms with E-state index in [-0.39, 0.29) is 30.9 Å². The molecule has 2 heterocycles. The van der Waals surface area contributed by atoms with E-state index in [0.717, 1.165) is 4.90 Å². The van der Waals surface area contributed by atoms with Gasteiger partial charge in [0.15, 0.2) is 9.84 Å². The quantitative estimate of drug-likeness (QED) is 0.747. The van der Waals surface area contributed by atoms with Crippen molar-refractivity contribution in [2.75, 3.05) is 31.6 Å². The molecular weight excluding hydrogens is 309 g/mol. The van der Waals surface area contributed by atoms with Crippen molar-refractivity contribution < 1.29 is 26.4 Å². The first-order valence-corrected chi connectivity index (χ1v) is 8.69. The number of hydrogen-bond acceptors (Lipinski definition) is 4. The minimum atomic E-state index is -4.42. The van der Waals surface area contributed by atoms with Crippen LogP contribution in [0.15, 0.2) is 0 Å². The number of sulfone groups is 1. The standard InChI is InChI=1S/C12H19F3N2O3S/c1-16-5-6-21(19,20)8-9(16)7-11(18)17-4-2-3-10(17)12(13,14)15/h9-10H,2-8H2,1H3/t9?,10-/m0/s1. The lowest BCUT2D eigenvalue weighted by molar-refractivity contribution is -0.183. The molecule has 0 bridgehead atoms. The highest BCUT2D eigenvalue weighted by molar-refractivity contribution is 7.91. The van der Waals surface area contributed by atoms with E-state index in [1.807, 2.05) is 0 Å². The maximum absolute atomic E-state index is 12.8. The molecule has 5 nitrogen and oxygen atoms in total. The molecule has 2 atom stereocenters. The lowest BCUT2D eigenvalue weighted by atomic mass is 10.1. The first-order chi connectivity index (χ1) is 9.60. The number of hydrogen-bond donors (Lipinski definition) is 0. The predicted octanol–water partition coefficient (Wildman–Crippen LogP) is 0.659. The number of amides is 1. The highest BCUT2D eigenvalue weighted by Crippen LogP contribution is 2.33. The summed E-state index contributed by atoms with van der Waals surface area (Å²) in [6.45, 7) is 0.398. The smallest absolute Gasteiger partial charge is 0.331 e. The summed E-state index contributed by atoms with van der Waals surface area (Å²) in [5, 5.41) is 0. The lowest BCUT2D eigenvalue weighted by Gasteiger charge is -2.34. The van der Waals surface area contributed by atoms with Gasteiger partial charge in [-0.15, -0.1) is 0 Å². The van der Waals surface area contributed by atoms with Crippen LogP contribution in [0.25, 0.3) is 0 Å². The molecule has 1 unspecified atom stereocenters. The first kappa shape index (κ1) is 16.5. The molecule has 1 amide bonds. The normalized spacial score (nSPS) is 30.6. The van der Waals surface area contributed by atoms with Gasteiger partial charge in [0.05, 0.1) is 11.5 Å². The Morgan fingerprint density at radius 2 is 1.95 bits per heavy atom. The summed E-state index contributed by atoms with van der Waals surface area (Å²) in [6.07, 6.45) is -4.35. The van der Waals surface area contributed by atoms with Crippen LogP contribution in [0.5, 0.6) is 0 Å². The second kappa shape index (κ2) is 5.75. The van der Waals surface area contributed by atoms with E-state index < -0.39 is 34.0 Å². The molecule has 0 saturated carbocycles. The van der Waals surface area contributed by atoms with Gasteiger partial charge in [0.25, 0.3) is 0 Å². The van der Waals surface area contributed by atoms with Gasteiger partial charge >= 0.3 is 6.18 Å². The van der Waals surface area contributed by atoms with Gasteiger partial charge in [0.1, 0.15) is 6.04 Å². The topological polar surface area (TPSA) is 57.7 Å². The molecular formula is C12H19F3N2O3S. The maximum Gasteiger partial charge on any atom is 0.408 e. The first-order valence-electron chi connectivity index (χ1n) is 6.87. The number of carbonyl (C=O) groups is 1. The largest absolute Gasteiger partial charge is 0.408 e. The molecule has 0 aromatic carbocycles. The third-order valence-corrected chi connectivity index (χ3v) is 5.88. The number of halogens is 3. The van der Waals surface area contributed by atoms with E-state index in [2.05, 4.69) is 0 Å². The molecule has 2 aliphatic rings. The van der Waals surface area contributed by atoms with Crippen LogP contribution in [0.4, 0.5) is 13.2 Å². The van der Waals surface area contributed by atoms with Crippen LogP contribution >= 0.6 is 0 Å². The molecule has 2 saturated heterocycles. The van der Waals surface area contributed by atoms with E-state index >= 15 is 0 Å². The molecule has 122 valence electrons. The summed E-state index contributed by atoms with van der Waals surface area (Å²) in [4.78, 5) is 14.7. The van der Waals surface area contributed by atoms with Crippen LogP contribution in [0, 0.1) is 0 Å². The molecule has 2 rings (SSSR count). The maximum atomic E-state index is 12.8. The van der Waals surface area contributed by atoms with Crippen LogP contribution in [-0.2, 0) is 14.6 Å². The molecule has 21 heavy (non-hydrogen) atoms. The van der Waals surface area contributed by atoms with Crippen LogP contribution in [-0.4, -0.2) is 74.0 Å². The van der Waals surface area contributed by atoms with Gasteiger partial charge in [-0.05, 0) is 19.9 Å². The minimum absolute atomic E-state index is 0.0308. The Kier molecular flexibility index (Phi) is 4.53. The summed E-state index contributed by atoms with van der Waals surface area (Å²) in [5.74, 6) is -0.744. The Bertz CT molecular complexity index is 506. The Hall–Kier alpha value is -0.830. The summed E-state index contributed by atoms with van der Waals surface area (Å²) >= 11 is 0. The average Bonchev–Trinajstić information content (AvgIpc) is 2.82. The number of rotatable bonds is 2. The third-order valence-electron chi connectivity index (χ3n) is 4.19. The zero-order valence-corrected chi connectivity index (χ0v) is 12.6. The summed E-state index contributed by atoms with van der Waals surface area (Å²) in [6, 6.07) is -2.26. The van der Waals surface area contributed by atoms with Gasteiger partial charge in [-0.3, -0.25) is 4.79 Å². The van der Waals surface area contributed by atoms with Crippen molar-refractivity contribution >= 4 is 15.7 Å². The van der Waals surface area contributed by atoms with Crippen molar-refractivity contribution in [2.24, 2.45) is 0 Å². The predicted molar refractivity (Wildman–Crippen MR) is 70.5 cm³/mol. The number of alkyl halides is 3. The van der Waals surface area contributed by atoms with Crippen molar-refractivity contribution in [3.05, 3.63) is 0 Å². The summed E-state index contributed by atoms with van der Waals surface area (Å²) in [5.41, 5.74) is 0. The van der Waals surface area contributed by atoms with Crippen molar-refractivity contribution in [3.8, 4) is 0 Å². The minimum Gasteiger partial charge on any atom is -0.331 e. The van der Waals surface area contributed by atoms with Crippen LogP contribution in [0.2, 0.25) is 0 Å². The monoisotopic (exact) mass is 328 g/mol. The number of likely N-dealkylation sites (tertiary alicyclic amines) is 1. The second-order valence-corrected chi connectivity index (χ2v) is 7.97. The highest BCUT2D eigenvalue weighted by atomic mass is 32.2. The summed E-state index contributed by atoms with van der Waals surface area (Å²) in [7, 11) is -1.52. The van der Waals surface area contributed by atoms with E-state index in [9.17, 15) is 26.4 Å². The lowest BCUT2D eigenvalue weighted by Crippen LogP contribution is -2.51. The fourth-order valence-corrected chi connectivity index (χ4v) is 4.60. The van der Waals surface area contributed by atoms with E-state index in [1.165, 1.54) is 0 Å². The van der Waals surface area contributed by atoms with Gasteiger partial charge in [0, 0.05) is 25.6 Å². The highest BCUT2D eigenvalue weighted by Gasteiger charge is 2.48. The van der Waals surface area contributed by atoms with Crippen molar-refractivity contribution in [2.45, 2.75) is 37.5 Å². The average molecular weight is 328 g/mol. The van der Waals surface area contributed by atoms with E-state index in [1.54, 1.807) is 11.9 Å². The van der Waals surface area contributed by atoms with E-state index in [4.69, 9.17) is 0 Å². The van der Waals surface area contributed by atoms with Gasteiger partial charge in [-0.1, -0.05) is 0 Å². The van der Waals surface area contributed by atoms with Crippen LogP contribution in [0.1, 0.15) is 19.3 Å². The SMILES string of the molecule is CN1CCS(=O)(=O)CC1CC(=O)N1CCC[C@H]1C(F)(F)F. The molecule has 2 fully saturated rings. The van der Waals surface area contributed by atoms with Crippen molar-refractivity contribution in [1.82, 2.24) is 9.80 Å². The van der Waals surface area contributed by atoms with Gasteiger partial charge in [-0.25, -0.2) is 8.42 Å².